The number of ether oxygens (including phenoxy) is 1. The molecule has 0 heterocycles. The van der Waals surface area contributed by atoms with Crippen molar-refractivity contribution in [1.29, 1.82) is 0 Å². The van der Waals surface area contributed by atoms with Crippen molar-refractivity contribution in [3.8, 4) is 0 Å². The second-order valence-electron chi connectivity index (χ2n) is 2.61. The Balaban J connectivity index is 4.34. The van der Waals surface area contributed by atoms with Crippen molar-refractivity contribution < 1.29 is 9.53 Å². The summed E-state index contributed by atoms with van der Waals surface area (Å²) in [6.07, 6.45) is 2.46. The van der Waals surface area contributed by atoms with Gasteiger partial charge in [0.1, 0.15) is 0 Å². The molecule has 0 spiro atoms. The average molecular weight is 184 g/mol. The van der Waals surface area contributed by atoms with E-state index in [1.165, 1.54) is 13.3 Å². The number of aliphatic imine (C=N–C) groups is 1. The van der Waals surface area contributed by atoms with Crippen LogP contribution in [-0.2, 0) is 9.53 Å². The minimum Gasteiger partial charge on any atom is -0.466 e. The molecule has 0 aromatic rings. The number of nitrogens with zero attached hydrogens (tertiary/aromatic N) is 1. The molecule has 4 heteroatoms. The van der Waals surface area contributed by atoms with E-state index in [0.29, 0.717) is 11.3 Å². The van der Waals surface area contributed by atoms with Crippen molar-refractivity contribution in [3.05, 3.63) is 11.3 Å². The van der Waals surface area contributed by atoms with Crippen molar-refractivity contribution in [2.24, 2.45) is 10.7 Å². The first-order valence-corrected chi connectivity index (χ1v) is 4.18. The van der Waals surface area contributed by atoms with Crippen LogP contribution in [0.15, 0.2) is 16.3 Å². The molecule has 0 atom stereocenters. The predicted octanol–water partition coefficient (Wildman–Crippen LogP) is 0.873. The van der Waals surface area contributed by atoms with Gasteiger partial charge in [-0.2, -0.15) is 0 Å². The third-order valence-electron chi connectivity index (χ3n) is 1.51. The van der Waals surface area contributed by atoms with E-state index in [2.05, 4.69) is 9.73 Å². The first-order valence-electron chi connectivity index (χ1n) is 4.18. The van der Waals surface area contributed by atoms with E-state index in [0.717, 1.165) is 13.0 Å². The summed E-state index contributed by atoms with van der Waals surface area (Å²) in [6.45, 7) is 4.35. The van der Waals surface area contributed by atoms with Crippen molar-refractivity contribution in [1.82, 2.24) is 0 Å². The summed E-state index contributed by atoms with van der Waals surface area (Å²) in [5, 5.41) is 0. The monoisotopic (exact) mass is 184 g/mol. The van der Waals surface area contributed by atoms with Crippen LogP contribution in [0.25, 0.3) is 0 Å². The minimum atomic E-state index is -0.416. The lowest BCUT2D eigenvalue weighted by molar-refractivity contribution is -0.136. The van der Waals surface area contributed by atoms with Gasteiger partial charge in [-0.1, -0.05) is 6.92 Å². The molecule has 0 saturated carbocycles. The topological polar surface area (TPSA) is 64.7 Å². The van der Waals surface area contributed by atoms with Gasteiger partial charge >= 0.3 is 5.97 Å². The number of hydrogen-bond acceptors (Lipinski definition) is 4. The maximum Gasteiger partial charge on any atom is 0.335 e. The highest BCUT2D eigenvalue weighted by atomic mass is 16.5. The van der Waals surface area contributed by atoms with Gasteiger partial charge in [0.25, 0.3) is 0 Å². The summed E-state index contributed by atoms with van der Waals surface area (Å²) in [7, 11) is 1.32. The molecule has 13 heavy (non-hydrogen) atoms. The van der Waals surface area contributed by atoms with Gasteiger partial charge in [0.15, 0.2) is 0 Å². The van der Waals surface area contributed by atoms with E-state index in [9.17, 15) is 4.79 Å². The molecule has 0 aliphatic rings. The maximum atomic E-state index is 11.0. The molecule has 0 aliphatic heterocycles. The molecule has 0 saturated heterocycles. The number of methoxy groups -OCH3 is 1. The molecule has 0 amide bonds. The molecule has 0 rings (SSSR count). The van der Waals surface area contributed by atoms with E-state index in [4.69, 9.17) is 5.73 Å². The highest BCUT2D eigenvalue weighted by Gasteiger charge is 2.05. The molecular formula is C9H16N2O2. The highest BCUT2D eigenvalue weighted by molar-refractivity contribution is 5.95. The fourth-order valence-electron chi connectivity index (χ4n) is 0.660. The molecule has 0 unspecified atom stereocenters. The van der Waals surface area contributed by atoms with Gasteiger partial charge < -0.3 is 10.5 Å². The first-order chi connectivity index (χ1) is 6.13. The fraction of sp³-hybridized carbons (Fsp3) is 0.556. The summed E-state index contributed by atoms with van der Waals surface area (Å²) in [4.78, 5) is 15.0. The smallest absolute Gasteiger partial charge is 0.335 e. The number of rotatable bonds is 4. The Hall–Kier alpha value is -1.32. The SMILES string of the molecule is CCCN=C/C(N)=C(\C)C(=O)OC. The molecule has 0 aromatic heterocycles. The predicted molar refractivity (Wildman–Crippen MR) is 52.6 cm³/mol. The van der Waals surface area contributed by atoms with Crippen molar-refractivity contribution in [3.63, 3.8) is 0 Å². The zero-order chi connectivity index (χ0) is 10.3. The van der Waals surface area contributed by atoms with Crippen molar-refractivity contribution in [2.75, 3.05) is 13.7 Å². The van der Waals surface area contributed by atoms with Crippen LogP contribution in [0.2, 0.25) is 0 Å². The Morgan fingerprint density at radius 1 is 1.62 bits per heavy atom. The Bertz CT molecular complexity index is 232. The van der Waals surface area contributed by atoms with E-state index >= 15 is 0 Å². The third-order valence-corrected chi connectivity index (χ3v) is 1.51. The summed E-state index contributed by atoms with van der Waals surface area (Å²) in [6, 6.07) is 0. The minimum absolute atomic E-state index is 0.361. The zero-order valence-electron chi connectivity index (χ0n) is 8.33. The number of nitrogens with two attached hydrogens (primary N) is 1. The summed E-state index contributed by atoms with van der Waals surface area (Å²) >= 11 is 0. The highest BCUT2D eigenvalue weighted by Crippen LogP contribution is 1.98. The van der Waals surface area contributed by atoms with Crippen LogP contribution in [0.4, 0.5) is 0 Å². The molecule has 0 aliphatic carbocycles. The Labute approximate surface area is 78.5 Å². The number of carbonyl (C=O) groups is 1. The van der Waals surface area contributed by atoms with Gasteiger partial charge in [0.2, 0.25) is 0 Å². The van der Waals surface area contributed by atoms with Crippen LogP contribution < -0.4 is 5.73 Å². The number of hydrogen-bond donors (Lipinski definition) is 1. The first kappa shape index (κ1) is 11.7. The molecule has 0 fully saturated rings. The molecule has 0 aromatic carbocycles. The number of allylic oxidation sites excluding steroid dienone is 1. The molecule has 0 radical (unpaired) electrons. The lowest BCUT2D eigenvalue weighted by Crippen LogP contribution is -2.11. The maximum absolute atomic E-state index is 11.0. The molecule has 0 bridgehead atoms. The lowest BCUT2D eigenvalue weighted by atomic mass is 10.2. The molecule has 74 valence electrons. The largest absolute Gasteiger partial charge is 0.466 e. The molecular weight excluding hydrogens is 168 g/mol. The van der Waals surface area contributed by atoms with Crippen molar-refractivity contribution >= 4 is 12.2 Å². The van der Waals surface area contributed by atoms with Crippen LogP contribution in [0.3, 0.4) is 0 Å². The van der Waals surface area contributed by atoms with E-state index in [1.54, 1.807) is 6.92 Å². The standard InChI is InChI=1S/C9H16N2O2/c1-4-5-11-6-8(10)7(2)9(12)13-3/h6H,4-5,10H2,1-3H3/b8-7-,11-6?. The normalized spacial score (nSPS) is 12.8. The molecule has 4 nitrogen and oxygen atoms in total. The van der Waals surface area contributed by atoms with Crippen LogP contribution >= 0.6 is 0 Å². The zero-order valence-corrected chi connectivity index (χ0v) is 8.33. The van der Waals surface area contributed by atoms with Gasteiger partial charge in [-0.05, 0) is 13.3 Å². The second kappa shape index (κ2) is 6.22. The average Bonchev–Trinajstić information content (AvgIpc) is 2.15. The van der Waals surface area contributed by atoms with Crippen LogP contribution in [0.1, 0.15) is 20.3 Å². The quantitative estimate of drug-likeness (QED) is 0.400. The van der Waals surface area contributed by atoms with Gasteiger partial charge in [0, 0.05) is 12.8 Å². The van der Waals surface area contributed by atoms with E-state index < -0.39 is 5.97 Å². The Morgan fingerprint density at radius 2 is 2.23 bits per heavy atom. The summed E-state index contributed by atoms with van der Waals surface area (Å²) in [5.74, 6) is -0.416. The van der Waals surface area contributed by atoms with Crippen LogP contribution in [0, 0.1) is 0 Å². The molecule has 2 N–H and O–H groups in total. The van der Waals surface area contributed by atoms with Gasteiger partial charge in [-0.15, -0.1) is 0 Å². The summed E-state index contributed by atoms with van der Waals surface area (Å²) < 4.78 is 4.50. The van der Waals surface area contributed by atoms with Gasteiger partial charge in [0.05, 0.1) is 18.4 Å². The second-order valence-corrected chi connectivity index (χ2v) is 2.61. The fourth-order valence-corrected chi connectivity index (χ4v) is 0.660. The van der Waals surface area contributed by atoms with E-state index in [1.807, 2.05) is 6.92 Å². The lowest BCUT2D eigenvalue weighted by Gasteiger charge is -2.00. The van der Waals surface area contributed by atoms with Crippen molar-refractivity contribution in [2.45, 2.75) is 20.3 Å². The number of esters is 1. The third kappa shape index (κ3) is 4.30. The Kier molecular flexibility index (Phi) is 5.59. The Morgan fingerprint density at radius 3 is 2.69 bits per heavy atom. The summed E-state index contributed by atoms with van der Waals surface area (Å²) in [5.41, 5.74) is 6.32. The van der Waals surface area contributed by atoms with Crippen LogP contribution in [-0.4, -0.2) is 25.8 Å². The van der Waals surface area contributed by atoms with Gasteiger partial charge in [-0.3, -0.25) is 4.99 Å². The number of carbonyl (C=O) groups excluding carboxylic acids is 1. The van der Waals surface area contributed by atoms with Gasteiger partial charge in [-0.25, -0.2) is 4.79 Å². The van der Waals surface area contributed by atoms with E-state index in [-0.39, 0.29) is 0 Å². The van der Waals surface area contributed by atoms with Crippen LogP contribution in [0.5, 0.6) is 0 Å².